The Kier molecular flexibility index (Phi) is 9.00. The van der Waals surface area contributed by atoms with Crippen LogP contribution in [0.4, 0.5) is 34.1 Å². The SMILES string of the molecule is Cc1cc(C(C)(C)C)ccc1N1c2cc(N(c3ccc(C(C)(C)C)cc3)c3ccc(C(C)(C)C)cc3)ccc2B2c3c1cc1ccccc1c3-c1cccc3c4c(n2c13)C(C)(C)c1ccccc1-4. The third kappa shape index (κ3) is 6.11. The molecule has 0 amide bonds. The van der Waals surface area contributed by atoms with Crippen LogP contribution in [0.1, 0.15) is 110 Å². The smallest absolute Gasteiger partial charge is 0.332 e. The number of rotatable bonds is 4. The maximum atomic E-state index is 2.79. The van der Waals surface area contributed by atoms with Crippen molar-refractivity contribution in [2.24, 2.45) is 0 Å². The second kappa shape index (κ2) is 14.4. The molecule has 9 aromatic rings. The van der Waals surface area contributed by atoms with E-state index in [-0.39, 0.29) is 28.5 Å². The molecule has 0 unspecified atom stereocenters. The predicted molar refractivity (Wildman–Crippen MR) is 293 cm³/mol. The van der Waals surface area contributed by atoms with Gasteiger partial charge in [0, 0.05) is 67.3 Å². The summed E-state index contributed by atoms with van der Waals surface area (Å²) in [7, 11) is 0. The van der Waals surface area contributed by atoms with E-state index >= 15 is 0 Å². The Morgan fingerprint density at radius 3 is 1.71 bits per heavy atom. The molecule has 3 nitrogen and oxygen atoms in total. The van der Waals surface area contributed by atoms with Crippen LogP contribution in [-0.4, -0.2) is 11.3 Å². The number of hydrogen-bond donors (Lipinski definition) is 0. The minimum Gasteiger partial charge on any atom is -0.378 e. The summed E-state index contributed by atoms with van der Waals surface area (Å²) in [5.41, 5.74) is 24.4. The first kappa shape index (κ1) is 42.6. The first-order valence-corrected chi connectivity index (χ1v) is 24.7. The number of fused-ring (bicyclic) bond motifs is 11. The van der Waals surface area contributed by atoms with Crippen molar-refractivity contribution in [2.45, 2.75) is 105 Å². The van der Waals surface area contributed by atoms with Gasteiger partial charge in [0.25, 0.3) is 0 Å². The quantitative estimate of drug-likeness (QED) is 0.163. The summed E-state index contributed by atoms with van der Waals surface area (Å²) in [6.45, 7) is 27.9. The van der Waals surface area contributed by atoms with Crippen LogP contribution in [0.3, 0.4) is 0 Å². The minimum atomic E-state index is -0.220. The van der Waals surface area contributed by atoms with Crippen molar-refractivity contribution in [2.75, 3.05) is 9.80 Å². The molecular weight excluding hydrogens is 822 g/mol. The molecule has 8 aromatic carbocycles. The van der Waals surface area contributed by atoms with Crippen molar-refractivity contribution in [3.05, 3.63) is 191 Å². The van der Waals surface area contributed by atoms with E-state index in [0.717, 1.165) is 17.1 Å². The Labute approximate surface area is 404 Å². The Bertz CT molecular complexity index is 3490. The summed E-state index contributed by atoms with van der Waals surface area (Å²) in [4.78, 5) is 5.09. The van der Waals surface area contributed by atoms with E-state index < -0.39 is 0 Å². The fraction of sp³-hybridized carbons (Fsp3) is 0.250. The fourth-order valence-electron chi connectivity index (χ4n) is 12.1. The molecule has 12 rings (SSSR count). The molecule has 0 N–H and O–H groups in total. The first-order valence-electron chi connectivity index (χ1n) is 24.7. The molecule has 0 atom stereocenters. The zero-order valence-electron chi connectivity index (χ0n) is 41.9. The molecule has 1 aromatic heterocycles. The van der Waals surface area contributed by atoms with Crippen LogP contribution in [0, 0.1) is 6.92 Å². The zero-order valence-corrected chi connectivity index (χ0v) is 41.9. The van der Waals surface area contributed by atoms with Gasteiger partial charge in [-0.2, -0.15) is 0 Å². The van der Waals surface area contributed by atoms with Crippen molar-refractivity contribution in [3.8, 4) is 22.3 Å². The summed E-state index contributed by atoms with van der Waals surface area (Å²) >= 11 is 0. The molecule has 4 heteroatoms. The van der Waals surface area contributed by atoms with E-state index in [4.69, 9.17) is 0 Å². The second-order valence-electron chi connectivity index (χ2n) is 23.5. The largest absolute Gasteiger partial charge is 0.378 e. The van der Waals surface area contributed by atoms with Crippen molar-refractivity contribution in [3.63, 3.8) is 0 Å². The van der Waals surface area contributed by atoms with Gasteiger partial charge in [0.2, 0.25) is 0 Å². The lowest BCUT2D eigenvalue weighted by atomic mass is 9.44. The molecular formula is C64H62BN3. The summed E-state index contributed by atoms with van der Waals surface area (Å²) in [6.07, 6.45) is 0. The van der Waals surface area contributed by atoms with Gasteiger partial charge in [-0.05, 0) is 132 Å². The molecule has 68 heavy (non-hydrogen) atoms. The van der Waals surface area contributed by atoms with E-state index in [1.54, 1.807) is 0 Å². The summed E-state index contributed by atoms with van der Waals surface area (Å²) < 4.78 is 2.79. The molecule has 0 spiro atoms. The second-order valence-corrected chi connectivity index (χ2v) is 23.5. The third-order valence-electron chi connectivity index (χ3n) is 15.7. The van der Waals surface area contributed by atoms with E-state index in [0.29, 0.717) is 0 Å². The van der Waals surface area contributed by atoms with Crippen molar-refractivity contribution in [1.82, 2.24) is 4.48 Å². The molecule has 1 aliphatic carbocycles. The van der Waals surface area contributed by atoms with Gasteiger partial charge in [0.05, 0.1) is 0 Å². The highest BCUT2D eigenvalue weighted by Gasteiger charge is 2.49. The molecule has 0 fully saturated rings. The molecule has 0 saturated heterocycles. The minimum absolute atomic E-state index is 0.0172. The molecule has 0 radical (unpaired) electrons. The molecule has 336 valence electrons. The monoisotopic (exact) mass is 884 g/mol. The first-order chi connectivity index (χ1) is 32.3. The van der Waals surface area contributed by atoms with Gasteiger partial charge in [0.15, 0.2) is 0 Å². The normalized spacial score (nSPS) is 14.5. The van der Waals surface area contributed by atoms with Crippen LogP contribution in [0.15, 0.2) is 158 Å². The standard InChI is InChI=1S/C64H62BN3/c1-39-36-43(63(8,9)10)28-35-53(39)67-54-38-46(66(44-29-24-41(25-30-44)61(2,3)4)45-31-26-42(27-32-45)62(5,6)7)33-34-52(54)65-58-55(67)37-40-18-13-14-19-47(40)56(58)49-21-17-22-50-57-48-20-15-16-23-51(48)64(11,12)60(57)68(65)59(49)50/h13-38H,1-12H3. The number of nitrogens with zero attached hydrogens (tertiary/aromatic N) is 3. The van der Waals surface area contributed by atoms with Gasteiger partial charge in [0.1, 0.15) is 0 Å². The summed E-state index contributed by atoms with van der Waals surface area (Å²) in [6, 6.07) is 60.9. The van der Waals surface area contributed by atoms with Crippen LogP contribution in [0.5, 0.6) is 0 Å². The van der Waals surface area contributed by atoms with E-state index in [2.05, 4.69) is 255 Å². The van der Waals surface area contributed by atoms with Crippen molar-refractivity contribution in [1.29, 1.82) is 0 Å². The van der Waals surface area contributed by atoms with Gasteiger partial charge in [-0.15, -0.1) is 0 Å². The van der Waals surface area contributed by atoms with Crippen LogP contribution >= 0.6 is 0 Å². The Hall–Kier alpha value is -6.78. The van der Waals surface area contributed by atoms with Gasteiger partial charge in [-0.25, -0.2) is 0 Å². The van der Waals surface area contributed by atoms with Gasteiger partial charge in [-0.1, -0.05) is 185 Å². The number of hydrogen-bond acceptors (Lipinski definition) is 2. The number of anilines is 6. The molecule has 0 bridgehead atoms. The Balaban J connectivity index is 1.19. The van der Waals surface area contributed by atoms with Gasteiger partial charge < -0.3 is 14.3 Å². The summed E-state index contributed by atoms with van der Waals surface area (Å²) in [5.74, 6) is 0. The van der Waals surface area contributed by atoms with Crippen LogP contribution in [0.25, 0.3) is 43.9 Å². The van der Waals surface area contributed by atoms with Crippen LogP contribution < -0.4 is 20.7 Å². The average Bonchev–Trinajstić information content (AvgIpc) is 3.77. The maximum absolute atomic E-state index is 2.79. The van der Waals surface area contributed by atoms with Crippen LogP contribution in [0.2, 0.25) is 0 Å². The lowest BCUT2D eigenvalue weighted by Crippen LogP contribution is -2.57. The highest BCUT2D eigenvalue weighted by Crippen LogP contribution is 2.57. The third-order valence-corrected chi connectivity index (χ3v) is 15.7. The molecule has 3 aliphatic rings. The highest BCUT2D eigenvalue weighted by atomic mass is 15.2. The summed E-state index contributed by atoms with van der Waals surface area (Å²) in [5, 5.41) is 3.90. The average molecular weight is 884 g/mol. The fourth-order valence-corrected chi connectivity index (χ4v) is 12.1. The lowest BCUT2D eigenvalue weighted by Gasteiger charge is -2.43. The Morgan fingerprint density at radius 1 is 0.485 bits per heavy atom. The number of para-hydroxylation sites is 1. The number of aryl methyl sites for hydroxylation is 1. The lowest BCUT2D eigenvalue weighted by molar-refractivity contribution is 0.589. The Morgan fingerprint density at radius 2 is 1.06 bits per heavy atom. The molecule has 0 saturated carbocycles. The van der Waals surface area contributed by atoms with Crippen molar-refractivity contribution >= 4 is 73.6 Å². The number of benzene rings is 8. The van der Waals surface area contributed by atoms with E-state index in [1.165, 1.54) is 105 Å². The topological polar surface area (TPSA) is 11.4 Å². The van der Waals surface area contributed by atoms with Gasteiger partial charge in [-0.3, -0.25) is 0 Å². The van der Waals surface area contributed by atoms with E-state index in [1.807, 2.05) is 0 Å². The van der Waals surface area contributed by atoms with Gasteiger partial charge >= 0.3 is 6.85 Å². The molecule has 3 heterocycles. The molecule has 2 aliphatic heterocycles. The van der Waals surface area contributed by atoms with Crippen LogP contribution in [-0.2, 0) is 21.7 Å². The predicted octanol–water partition coefficient (Wildman–Crippen LogP) is 16.2. The van der Waals surface area contributed by atoms with Crippen molar-refractivity contribution < 1.29 is 0 Å². The maximum Gasteiger partial charge on any atom is 0.332 e. The highest BCUT2D eigenvalue weighted by molar-refractivity contribution is 6.90. The zero-order chi connectivity index (χ0) is 47.4. The number of aromatic nitrogens is 1. The van der Waals surface area contributed by atoms with E-state index in [9.17, 15) is 0 Å².